The lowest BCUT2D eigenvalue weighted by Gasteiger charge is -2.31. The number of halogens is 1. The van der Waals surface area contributed by atoms with E-state index in [1.54, 1.807) is 24.3 Å². The van der Waals surface area contributed by atoms with Crippen LogP contribution in [0.5, 0.6) is 0 Å². The molecule has 1 saturated heterocycles. The molecule has 0 saturated carbocycles. The van der Waals surface area contributed by atoms with E-state index >= 15 is 0 Å². The minimum absolute atomic E-state index is 0. The fourth-order valence-electron chi connectivity index (χ4n) is 2.41. The van der Waals surface area contributed by atoms with Crippen molar-refractivity contribution in [2.45, 2.75) is 25.8 Å². The van der Waals surface area contributed by atoms with Crippen LogP contribution in [0.15, 0.2) is 24.3 Å². The van der Waals surface area contributed by atoms with Crippen LogP contribution in [0.25, 0.3) is 0 Å². The first-order valence-corrected chi connectivity index (χ1v) is 6.68. The second-order valence-electron chi connectivity index (χ2n) is 5.03. The van der Waals surface area contributed by atoms with Crippen LogP contribution in [-0.4, -0.2) is 42.8 Å². The van der Waals surface area contributed by atoms with Crippen molar-refractivity contribution in [3.05, 3.63) is 35.4 Å². The number of hydrogen-bond acceptors (Lipinski definition) is 3. The van der Waals surface area contributed by atoms with Crippen LogP contribution in [0.1, 0.15) is 40.5 Å². The van der Waals surface area contributed by atoms with Gasteiger partial charge in [-0.05, 0) is 45.0 Å². The predicted molar refractivity (Wildman–Crippen MR) is 81.7 cm³/mol. The second-order valence-corrected chi connectivity index (χ2v) is 5.03. The number of piperidine rings is 1. The summed E-state index contributed by atoms with van der Waals surface area (Å²) in [6.07, 6.45) is 1.99. The standard InChI is InChI=1S/C15H20N2O2.ClH/c1-11(18)12-3-5-13(6-4-12)15(19)17(2)14-7-9-16-10-8-14;/h3-6,14,16H,7-10H2,1-2H3;1H. The molecule has 1 heterocycles. The topological polar surface area (TPSA) is 49.4 Å². The van der Waals surface area contributed by atoms with Gasteiger partial charge in [-0.2, -0.15) is 0 Å². The molecule has 1 aromatic rings. The van der Waals surface area contributed by atoms with Gasteiger partial charge in [0, 0.05) is 24.2 Å². The first-order valence-electron chi connectivity index (χ1n) is 6.68. The zero-order chi connectivity index (χ0) is 13.8. The van der Waals surface area contributed by atoms with E-state index in [1.807, 2.05) is 11.9 Å². The van der Waals surface area contributed by atoms with E-state index < -0.39 is 0 Å². The number of carbonyl (C=O) groups is 2. The SMILES string of the molecule is CC(=O)c1ccc(C(=O)N(C)C2CCNCC2)cc1.Cl. The number of Topliss-reactive ketones (excluding diaryl/α,β-unsaturated/α-hetero) is 1. The number of nitrogens with zero attached hydrogens (tertiary/aromatic N) is 1. The smallest absolute Gasteiger partial charge is 0.253 e. The van der Waals surface area contributed by atoms with E-state index in [0.29, 0.717) is 17.2 Å². The van der Waals surface area contributed by atoms with Crippen LogP contribution in [-0.2, 0) is 0 Å². The molecule has 0 bridgehead atoms. The Hall–Kier alpha value is -1.39. The van der Waals surface area contributed by atoms with Crippen LogP contribution in [0.2, 0.25) is 0 Å². The molecule has 2 rings (SSSR count). The molecule has 1 amide bonds. The van der Waals surface area contributed by atoms with Crippen LogP contribution in [0.4, 0.5) is 0 Å². The third-order valence-corrected chi connectivity index (χ3v) is 3.72. The summed E-state index contributed by atoms with van der Waals surface area (Å²) in [6.45, 7) is 3.45. The molecule has 1 aliphatic heterocycles. The minimum atomic E-state index is 0. The van der Waals surface area contributed by atoms with E-state index in [2.05, 4.69) is 5.32 Å². The Balaban J connectivity index is 0.00000200. The average molecular weight is 297 g/mol. The predicted octanol–water partition coefficient (Wildman–Crippen LogP) is 2.14. The van der Waals surface area contributed by atoms with E-state index in [4.69, 9.17) is 0 Å². The van der Waals surface area contributed by atoms with Crippen molar-refractivity contribution in [3.8, 4) is 0 Å². The van der Waals surface area contributed by atoms with Gasteiger partial charge in [-0.15, -0.1) is 12.4 Å². The van der Waals surface area contributed by atoms with Gasteiger partial charge in [0.05, 0.1) is 0 Å². The fourth-order valence-corrected chi connectivity index (χ4v) is 2.41. The second kappa shape index (κ2) is 7.41. The molecule has 4 nitrogen and oxygen atoms in total. The summed E-state index contributed by atoms with van der Waals surface area (Å²) in [5, 5.41) is 3.29. The number of nitrogens with one attached hydrogen (secondary N) is 1. The molecule has 1 N–H and O–H groups in total. The number of rotatable bonds is 3. The summed E-state index contributed by atoms with van der Waals surface area (Å²) in [5.41, 5.74) is 1.28. The first-order chi connectivity index (χ1) is 9.09. The highest BCUT2D eigenvalue weighted by molar-refractivity contribution is 5.97. The lowest BCUT2D eigenvalue weighted by molar-refractivity contribution is 0.0703. The maximum Gasteiger partial charge on any atom is 0.253 e. The number of ketones is 1. The lowest BCUT2D eigenvalue weighted by atomic mass is 10.0. The van der Waals surface area contributed by atoms with E-state index in [9.17, 15) is 9.59 Å². The van der Waals surface area contributed by atoms with Crippen molar-refractivity contribution in [2.75, 3.05) is 20.1 Å². The maximum absolute atomic E-state index is 12.3. The third-order valence-electron chi connectivity index (χ3n) is 3.72. The summed E-state index contributed by atoms with van der Waals surface area (Å²) in [7, 11) is 1.86. The van der Waals surface area contributed by atoms with Gasteiger partial charge < -0.3 is 10.2 Å². The molecule has 110 valence electrons. The van der Waals surface area contributed by atoms with Crippen LogP contribution in [0.3, 0.4) is 0 Å². The maximum atomic E-state index is 12.3. The lowest BCUT2D eigenvalue weighted by Crippen LogP contribution is -2.43. The highest BCUT2D eigenvalue weighted by atomic mass is 35.5. The quantitative estimate of drug-likeness (QED) is 0.870. The normalized spacial score (nSPS) is 15.3. The molecule has 0 atom stereocenters. The molecule has 1 aromatic carbocycles. The Morgan fingerprint density at radius 2 is 1.60 bits per heavy atom. The molecular weight excluding hydrogens is 276 g/mol. The van der Waals surface area contributed by atoms with Gasteiger partial charge >= 0.3 is 0 Å². The summed E-state index contributed by atoms with van der Waals surface area (Å²) >= 11 is 0. The Labute approximate surface area is 125 Å². The molecule has 1 aliphatic rings. The Kier molecular flexibility index (Phi) is 6.17. The summed E-state index contributed by atoms with van der Waals surface area (Å²) in [5.74, 6) is 0.0488. The monoisotopic (exact) mass is 296 g/mol. The van der Waals surface area contributed by atoms with Crippen molar-refractivity contribution in [1.29, 1.82) is 0 Å². The van der Waals surface area contributed by atoms with Gasteiger partial charge in [-0.3, -0.25) is 9.59 Å². The van der Waals surface area contributed by atoms with E-state index in [0.717, 1.165) is 25.9 Å². The van der Waals surface area contributed by atoms with Crippen molar-refractivity contribution in [2.24, 2.45) is 0 Å². The van der Waals surface area contributed by atoms with E-state index in [-0.39, 0.29) is 24.1 Å². The van der Waals surface area contributed by atoms with Crippen LogP contribution in [0, 0.1) is 0 Å². The van der Waals surface area contributed by atoms with Crippen LogP contribution >= 0.6 is 12.4 Å². The zero-order valence-corrected chi connectivity index (χ0v) is 12.7. The van der Waals surface area contributed by atoms with Crippen molar-refractivity contribution in [3.63, 3.8) is 0 Å². The summed E-state index contributed by atoms with van der Waals surface area (Å²) < 4.78 is 0. The Morgan fingerprint density at radius 3 is 2.10 bits per heavy atom. The number of benzene rings is 1. The molecule has 5 heteroatoms. The molecule has 0 radical (unpaired) electrons. The van der Waals surface area contributed by atoms with Gasteiger partial charge in [0.1, 0.15) is 0 Å². The zero-order valence-electron chi connectivity index (χ0n) is 11.9. The number of hydrogen-bond donors (Lipinski definition) is 1. The summed E-state index contributed by atoms with van der Waals surface area (Å²) in [6, 6.07) is 7.20. The van der Waals surface area contributed by atoms with Crippen molar-refractivity contribution >= 4 is 24.1 Å². The average Bonchev–Trinajstić information content (AvgIpc) is 2.46. The van der Waals surface area contributed by atoms with Gasteiger partial charge in [0.2, 0.25) is 0 Å². The molecule has 0 aliphatic carbocycles. The molecule has 1 fully saturated rings. The molecule has 0 aromatic heterocycles. The molecule has 0 spiro atoms. The summed E-state index contributed by atoms with van der Waals surface area (Å²) in [4.78, 5) is 25.4. The Morgan fingerprint density at radius 1 is 1.10 bits per heavy atom. The van der Waals surface area contributed by atoms with Crippen LogP contribution < -0.4 is 5.32 Å². The fraction of sp³-hybridized carbons (Fsp3) is 0.467. The van der Waals surface area contributed by atoms with Gasteiger partial charge in [0.25, 0.3) is 5.91 Å². The minimum Gasteiger partial charge on any atom is -0.339 e. The van der Waals surface area contributed by atoms with Crippen molar-refractivity contribution in [1.82, 2.24) is 10.2 Å². The number of amides is 1. The highest BCUT2D eigenvalue weighted by Gasteiger charge is 2.22. The highest BCUT2D eigenvalue weighted by Crippen LogP contribution is 2.14. The first kappa shape index (κ1) is 16.7. The van der Waals surface area contributed by atoms with Gasteiger partial charge in [0.15, 0.2) is 5.78 Å². The largest absolute Gasteiger partial charge is 0.339 e. The van der Waals surface area contributed by atoms with Gasteiger partial charge in [-0.25, -0.2) is 0 Å². The molecule has 20 heavy (non-hydrogen) atoms. The van der Waals surface area contributed by atoms with E-state index in [1.165, 1.54) is 6.92 Å². The van der Waals surface area contributed by atoms with Crippen molar-refractivity contribution < 1.29 is 9.59 Å². The molecular formula is C15H21ClN2O2. The number of carbonyl (C=O) groups excluding carboxylic acids is 2. The van der Waals surface area contributed by atoms with Gasteiger partial charge in [-0.1, -0.05) is 12.1 Å². The molecule has 0 unspecified atom stereocenters. The Bertz CT molecular complexity index is 467. The third kappa shape index (κ3) is 3.81.